The summed E-state index contributed by atoms with van der Waals surface area (Å²) in [7, 11) is 3.23. The third-order valence-corrected chi connectivity index (χ3v) is 3.13. The number of tetrazole rings is 1. The summed E-state index contributed by atoms with van der Waals surface area (Å²) in [6.07, 6.45) is 0. The Morgan fingerprint density at radius 1 is 1.28 bits per heavy atom. The van der Waals surface area contributed by atoms with Crippen molar-refractivity contribution in [1.29, 1.82) is 0 Å². The Bertz CT molecular complexity index is 530. The highest BCUT2D eigenvalue weighted by Crippen LogP contribution is 2.29. The lowest BCUT2D eigenvalue weighted by atomic mass is 10.3. The molecular formula is C11H14N4O2S. The normalized spacial score (nSPS) is 10.4. The number of rotatable bonds is 5. The van der Waals surface area contributed by atoms with Gasteiger partial charge in [0.05, 0.1) is 14.2 Å². The van der Waals surface area contributed by atoms with Crippen molar-refractivity contribution in [3.05, 3.63) is 18.2 Å². The maximum atomic E-state index is 5.32. The quantitative estimate of drug-likeness (QED) is 0.769. The summed E-state index contributed by atoms with van der Waals surface area (Å²) in [6.45, 7) is 2.05. The molecule has 96 valence electrons. The number of thioether (sulfide) groups is 1. The first kappa shape index (κ1) is 12.7. The van der Waals surface area contributed by atoms with Gasteiger partial charge in [-0.05, 0) is 28.3 Å². The van der Waals surface area contributed by atoms with Gasteiger partial charge in [-0.1, -0.05) is 18.7 Å². The van der Waals surface area contributed by atoms with Crippen molar-refractivity contribution >= 4 is 11.8 Å². The van der Waals surface area contributed by atoms with Gasteiger partial charge in [0.15, 0.2) is 0 Å². The summed E-state index contributed by atoms with van der Waals surface area (Å²) in [6, 6.07) is 5.50. The molecule has 0 saturated heterocycles. The van der Waals surface area contributed by atoms with Gasteiger partial charge < -0.3 is 9.47 Å². The minimum absolute atomic E-state index is 0.695. The van der Waals surface area contributed by atoms with Crippen molar-refractivity contribution in [2.75, 3.05) is 20.0 Å². The van der Waals surface area contributed by atoms with Crippen LogP contribution in [-0.4, -0.2) is 40.2 Å². The van der Waals surface area contributed by atoms with Gasteiger partial charge in [-0.3, -0.25) is 0 Å². The zero-order chi connectivity index (χ0) is 13.0. The van der Waals surface area contributed by atoms with Crippen LogP contribution in [0, 0.1) is 0 Å². The first-order valence-electron chi connectivity index (χ1n) is 5.43. The zero-order valence-corrected chi connectivity index (χ0v) is 11.3. The lowest BCUT2D eigenvalue weighted by Gasteiger charge is -2.10. The van der Waals surface area contributed by atoms with Gasteiger partial charge in [-0.15, -0.1) is 5.10 Å². The molecule has 0 aliphatic carbocycles. The molecule has 1 aromatic heterocycles. The Labute approximate surface area is 109 Å². The first-order chi connectivity index (χ1) is 8.80. The minimum Gasteiger partial charge on any atom is -0.497 e. The van der Waals surface area contributed by atoms with Crippen molar-refractivity contribution in [1.82, 2.24) is 20.2 Å². The first-order valence-corrected chi connectivity index (χ1v) is 6.42. The standard InChI is InChI=1S/C11H14N4O2S/c1-4-18-11-12-13-14-15(11)9-7-8(16-2)5-6-10(9)17-3/h5-7H,4H2,1-3H3. The molecule has 2 aromatic rings. The van der Waals surface area contributed by atoms with Gasteiger partial charge in [-0.2, -0.15) is 4.68 Å². The number of benzene rings is 1. The van der Waals surface area contributed by atoms with Crippen LogP contribution in [0.15, 0.2) is 23.4 Å². The molecule has 0 radical (unpaired) electrons. The summed E-state index contributed by atoms with van der Waals surface area (Å²) >= 11 is 1.57. The van der Waals surface area contributed by atoms with Crippen LogP contribution in [-0.2, 0) is 0 Å². The minimum atomic E-state index is 0.695. The molecule has 0 spiro atoms. The second-order valence-electron chi connectivity index (χ2n) is 3.34. The van der Waals surface area contributed by atoms with Crippen LogP contribution in [0.2, 0.25) is 0 Å². The molecule has 0 bridgehead atoms. The molecule has 1 aromatic carbocycles. The number of hydrogen-bond donors (Lipinski definition) is 0. The molecule has 6 nitrogen and oxygen atoms in total. The highest BCUT2D eigenvalue weighted by molar-refractivity contribution is 7.99. The van der Waals surface area contributed by atoms with Gasteiger partial charge in [0.25, 0.3) is 0 Å². The van der Waals surface area contributed by atoms with Crippen LogP contribution in [0.1, 0.15) is 6.92 Å². The SMILES string of the molecule is CCSc1nnnn1-c1cc(OC)ccc1OC. The number of ether oxygens (including phenoxy) is 2. The number of nitrogens with zero attached hydrogens (tertiary/aromatic N) is 4. The van der Waals surface area contributed by atoms with E-state index in [1.165, 1.54) is 0 Å². The van der Waals surface area contributed by atoms with Gasteiger partial charge in [0.1, 0.15) is 17.2 Å². The second kappa shape index (κ2) is 5.72. The van der Waals surface area contributed by atoms with Crippen LogP contribution in [0.5, 0.6) is 11.5 Å². The van der Waals surface area contributed by atoms with Gasteiger partial charge in [0, 0.05) is 6.07 Å². The van der Waals surface area contributed by atoms with Crippen LogP contribution in [0.3, 0.4) is 0 Å². The summed E-state index contributed by atoms with van der Waals surface area (Å²) in [5, 5.41) is 12.4. The highest BCUT2D eigenvalue weighted by atomic mass is 32.2. The van der Waals surface area contributed by atoms with Gasteiger partial charge >= 0.3 is 0 Å². The Morgan fingerprint density at radius 2 is 2.11 bits per heavy atom. The van der Waals surface area contributed by atoms with Gasteiger partial charge in [-0.25, -0.2) is 0 Å². The molecule has 0 unspecified atom stereocenters. The number of aromatic nitrogens is 4. The van der Waals surface area contributed by atoms with Crippen molar-refractivity contribution in [3.8, 4) is 17.2 Å². The van der Waals surface area contributed by atoms with E-state index in [-0.39, 0.29) is 0 Å². The van der Waals surface area contributed by atoms with E-state index >= 15 is 0 Å². The topological polar surface area (TPSA) is 62.1 Å². The molecule has 0 atom stereocenters. The molecule has 0 N–H and O–H groups in total. The summed E-state index contributed by atoms with van der Waals surface area (Å²) in [5.74, 6) is 2.32. The van der Waals surface area contributed by atoms with Gasteiger partial charge in [0.2, 0.25) is 5.16 Å². The molecule has 2 rings (SSSR count). The molecule has 0 fully saturated rings. The monoisotopic (exact) mass is 266 g/mol. The van der Waals surface area contributed by atoms with E-state index in [1.54, 1.807) is 30.7 Å². The van der Waals surface area contributed by atoms with E-state index in [9.17, 15) is 0 Å². The van der Waals surface area contributed by atoms with Crippen LogP contribution < -0.4 is 9.47 Å². The van der Waals surface area contributed by atoms with Crippen molar-refractivity contribution in [2.45, 2.75) is 12.1 Å². The fourth-order valence-corrected chi connectivity index (χ4v) is 2.12. The van der Waals surface area contributed by atoms with Crippen LogP contribution >= 0.6 is 11.8 Å². The van der Waals surface area contributed by atoms with Crippen LogP contribution in [0.4, 0.5) is 0 Å². The Balaban J connectivity index is 2.50. The lowest BCUT2D eigenvalue weighted by Crippen LogP contribution is -2.02. The summed E-state index contributed by atoms with van der Waals surface area (Å²) in [5.41, 5.74) is 0.762. The second-order valence-corrected chi connectivity index (χ2v) is 4.58. The predicted molar refractivity (Wildman–Crippen MR) is 68.7 cm³/mol. The van der Waals surface area contributed by atoms with E-state index < -0.39 is 0 Å². The Hall–Kier alpha value is -1.76. The van der Waals surface area contributed by atoms with E-state index in [1.807, 2.05) is 25.1 Å². The van der Waals surface area contributed by atoms with E-state index in [4.69, 9.17) is 9.47 Å². The van der Waals surface area contributed by atoms with Crippen molar-refractivity contribution < 1.29 is 9.47 Å². The lowest BCUT2D eigenvalue weighted by molar-refractivity contribution is 0.399. The predicted octanol–water partition coefficient (Wildman–Crippen LogP) is 1.79. The summed E-state index contributed by atoms with van der Waals surface area (Å²) < 4.78 is 12.2. The maximum absolute atomic E-state index is 5.32. The van der Waals surface area contributed by atoms with E-state index in [0.717, 1.165) is 22.3 Å². The Kier molecular flexibility index (Phi) is 4.03. The Morgan fingerprint density at radius 3 is 2.78 bits per heavy atom. The molecule has 0 aliphatic rings. The fraction of sp³-hybridized carbons (Fsp3) is 0.364. The zero-order valence-electron chi connectivity index (χ0n) is 10.5. The summed E-state index contributed by atoms with van der Waals surface area (Å²) in [4.78, 5) is 0. The average molecular weight is 266 g/mol. The molecule has 7 heteroatoms. The molecule has 0 saturated carbocycles. The third-order valence-electron chi connectivity index (χ3n) is 2.33. The van der Waals surface area contributed by atoms with Crippen molar-refractivity contribution in [2.24, 2.45) is 0 Å². The molecule has 0 aliphatic heterocycles. The highest BCUT2D eigenvalue weighted by Gasteiger charge is 2.13. The fourth-order valence-electron chi connectivity index (χ4n) is 1.51. The molecule has 18 heavy (non-hydrogen) atoms. The third kappa shape index (κ3) is 2.40. The van der Waals surface area contributed by atoms with E-state index in [0.29, 0.717) is 5.75 Å². The maximum Gasteiger partial charge on any atom is 0.214 e. The van der Waals surface area contributed by atoms with E-state index in [2.05, 4.69) is 15.5 Å². The smallest absolute Gasteiger partial charge is 0.214 e. The molecular weight excluding hydrogens is 252 g/mol. The molecule has 1 heterocycles. The average Bonchev–Trinajstić information content (AvgIpc) is 2.86. The number of methoxy groups -OCH3 is 2. The molecule has 0 amide bonds. The number of hydrogen-bond acceptors (Lipinski definition) is 6. The van der Waals surface area contributed by atoms with Crippen LogP contribution in [0.25, 0.3) is 5.69 Å². The van der Waals surface area contributed by atoms with Crippen molar-refractivity contribution in [3.63, 3.8) is 0 Å². The largest absolute Gasteiger partial charge is 0.497 e.